The van der Waals surface area contributed by atoms with Crippen LogP contribution in [0.3, 0.4) is 0 Å². The summed E-state index contributed by atoms with van der Waals surface area (Å²) < 4.78 is 26.5. The second kappa shape index (κ2) is 12.9. The summed E-state index contributed by atoms with van der Waals surface area (Å²) in [4.78, 5) is 5.55. The Morgan fingerprint density at radius 1 is 0.773 bits per heavy atom. The molecule has 0 saturated heterocycles. The fourth-order valence-electron chi connectivity index (χ4n) is 1.67. The van der Waals surface area contributed by atoms with Crippen molar-refractivity contribution in [2.75, 3.05) is 60.0 Å². The van der Waals surface area contributed by atoms with Crippen LogP contribution in [0.4, 0.5) is 0 Å². The van der Waals surface area contributed by atoms with Gasteiger partial charge in [0.2, 0.25) is 0 Å². The van der Waals surface area contributed by atoms with Crippen molar-refractivity contribution >= 4 is 11.3 Å². The number of hydrogen-bond donors (Lipinski definition) is 0. The van der Waals surface area contributed by atoms with Gasteiger partial charge in [-0.15, -0.1) is 11.3 Å². The summed E-state index contributed by atoms with van der Waals surface area (Å²) in [5.41, 5.74) is 1.06. The largest absolute Gasteiger partial charge is 0.382 e. The van der Waals surface area contributed by atoms with Gasteiger partial charge in [-0.3, -0.25) is 0 Å². The molecule has 128 valence electrons. The van der Waals surface area contributed by atoms with Crippen molar-refractivity contribution in [3.63, 3.8) is 0 Å². The minimum Gasteiger partial charge on any atom is -0.382 e. The molecule has 0 aliphatic carbocycles. The third-order valence-electron chi connectivity index (χ3n) is 2.78. The highest BCUT2D eigenvalue weighted by molar-refractivity contribution is 7.11. The van der Waals surface area contributed by atoms with E-state index in [0.29, 0.717) is 59.5 Å². The number of hydrogen-bond acceptors (Lipinski definition) is 7. The van der Waals surface area contributed by atoms with Crippen molar-refractivity contribution in [3.8, 4) is 0 Å². The molecule has 7 heteroatoms. The van der Waals surface area contributed by atoms with Crippen LogP contribution in [0.2, 0.25) is 0 Å². The summed E-state index contributed by atoms with van der Waals surface area (Å²) in [7, 11) is 1.65. The smallest absolute Gasteiger partial charge is 0.0900 e. The van der Waals surface area contributed by atoms with Crippen LogP contribution in [0.1, 0.15) is 15.6 Å². The van der Waals surface area contributed by atoms with Crippen molar-refractivity contribution in [3.05, 3.63) is 15.6 Å². The zero-order chi connectivity index (χ0) is 16.0. The molecule has 0 saturated carbocycles. The monoisotopic (exact) mass is 333 g/mol. The topological polar surface area (TPSA) is 59.0 Å². The van der Waals surface area contributed by atoms with Crippen LogP contribution in [0.15, 0.2) is 0 Å². The Morgan fingerprint density at radius 3 is 1.73 bits per heavy atom. The highest BCUT2D eigenvalue weighted by Gasteiger charge is 2.04. The van der Waals surface area contributed by atoms with Gasteiger partial charge in [-0.05, 0) is 13.8 Å². The molecule has 0 radical (unpaired) electrons. The first-order valence-corrected chi connectivity index (χ1v) is 8.28. The summed E-state index contributed by atoms with van der Waals surface area (Å²) in [6, 6.07) is 0. The lowest BCUT2D eigenvalue weighted by molar-refractivity contribution is -0.00932. The van der Waals surface area contributed by atoms with Gasteiger partial charge in [-0.1, -0.05) is 0 Å². The lowest BCUT2D eigenvalue weighted by Gasteiger charge is -2.07. The third kappa shape index (κ3) is 9.45. The van der Waals surface area contributed by atoms with Crippen LogP contribution < -0.4 is 0 Å². The summed E-state index contributed by atoms with van der Waals surface area (Å²) >= 11 is 1.68. The maximum absolute atomic E-state index is 5.57. The van der Waals surface area contributed by atoms with E-state index in [0.717, 1.165) is 10.7 Å². The Bertz CT molecular complexity index is 386. The average Bonchev–Trinajstić information content (AvgIpc) is 2.82. The molecule has 0 N–H and O–H groups in total. The van der Waals surface area contributed by atoms with Gasteiger partial charge in [0.1, 0.15) is 0 Å². The summed E-state index contributed by atoms with van der Waals surface area (Å²) in [5.74, 6) is 0. The number of methoxy groups -OCH3 is 1. The van der Waals surface area contributed by atoms with Gasteiger partial charge in [0.15, 0.2) is 0 Å². The maximum Gasteiger partial charge on any atom is 0.0900 e. The molecule has 1 heterocycles. The van der Waals surface area contributed by atoms with Crippen LogP contribution in [0.5, 0.6) is 0 Å². The third-order valence-corrected chi connectivity index (χ3v) is 3.83. The number of aromatic nitrogens is 1. The fourth-order valence-corrected chi connectivity index (χ4v) is 2.55. The molecule has 0 fully saturated rings. The van der Waals surface area contributed by atoms with E-state index in [1.807, 2.05) is 13.8 Å². The van der Waals surface area contributed by atoms with E-state index >= 15 is 0 Å². The minimum atomic E-state index is 0.570. The molecule has 0 aliphatic rings. The average molecular weight is 333 g/mol. The lowest BCUT2D eigenvalue weighted by Crippen LogP contribution is -2.12. The SMILES string of the molecule is COCCOCCOCCOCCOCc1sc(C)nc1C. The molecule has 0 aliphatic heterocycles. The van der Waals surface area contributed by atoms with E-state index in [4.69, 9.17) is 23.7 Å². The normalized spacial score (nSPS) is 11.2. The van der Waals surface area contributed by atoms with Crippen LogP contribution in [-0.2, 0) is 30.3 Å². The number of nitrogens with zero attached hydrogens (tertiary/aromatic N) is 1. The molecule has 22 heavy (non-hydrogen) atoms. The van der Waals surface area contributed by atoms with Gasteiger partial charge in [-0.2, -0.15) is 0 Å². The van der Waals surface area contributed by atoms with Gasteiger partial charge in [0.05, 0.1) is 75.0 Å². The molecule has 0 amide bonds. The molecule has 0 unspecified atom stereocenters. The quantitative estimate of drug-likeness (QED) is 0.485. The zero-order valence-corrected chi connectivity index (χ0v) is 14.6. The Kier molecular flexibility index (Phi) is 11.4. The van der Waals surface area contributed by atoms with Gasteiger partial charge in [0.25, 0.3) is 0 Å². The van der Waals surface area contributed by atoms with Gasteiger partial charge in [0, 0.05) is 7.11 Å². The zero-order valence-electron chi connectivity index (χ0n) is 13.8. The molecule has 0 aromatic carbocycles. The molecule has 1 rings (SSSR count). The van der Waals surface area contributed by atoms with E-state index in [-0.39, 0.29) is 0 Å². The van der Waals surface area contributed by atoms with Crippen LogP contribution >= 0.6 is 11.3 Å². The predicted octanol–water partition coefficient (Wildman–Crippen LogP) is 1.97. The van der Waals surface area contributed by atoms with Crippen molar-refractivity contribution in [2.45, 2.75) is 20.5 Å². The van der Waals surface area contributed by atoms with Crippen molar-refractivity contribution in [1.29, 1.82) is 0 Å². The highest BCUT2D eigenvalue weighted by Crippen LogP contribution is 2.17. The second-order valence-electron chi connectivity index (χ2n) is 4.62. The van der Waals surface area contributed by atoms with Gasteiger partial charge >= 0.3 is 0 Å². The van der Waals surface area contributed by atoms with Crippen molar-refractivity contribution in [2.24, 2.45) is 0 Å². The van der Waals surface area contributed by atoms with E-state index in [1.54, 1.807) is 18.4 Å². The fraction of sp³-hybridized carbons (Fsp3) is 0.800. The van der Waals surface area contributed by atoms with E-state index in [1.165, 1.54) is 4.88 Å². The Labute approximate surface area is 136 Å². The first-order valence-electron chi connectivity index (χ1n) is 7.47. The number of rotatable bonds is 14. The van der Waals surface area contributed by atoms with Crippen LogP contribution in [-0.4, -0.2) is 64.9 Å². The first-order chi connectivity index (χ1) is 10.7. The number of ether oxygens (including phenoxy) is 5. The van der Waals surface area contributed by atoms with E-state index in [9.17, 15) is 0 Å². The summed E-state index contributed by atoms with van der Waals surface area (Å²) in [6.45, 7) is 9.30. The molecular formula is C15H27NO5S. The van der Waals surface area contributed by atoms with Crippen LogP contribution in [0, 0.1) is 13.8 Å². The molecule has 1 aromatic heterocycles. The van der Waals surface area contributed by atoms with Crippen molar-refractivity contribution < 1.29 is 23.7 Å². The van der Waals surface area contributed by atoms with E-state index < -0.39 is 0 Å². The molecule has 0 atom stereocenters. The summed E-state index contributed by atoms with van der Waals surface area (Å²) in [5, 5.41) is 1.08. The molecule has 0 bridgehead atoms. The molecule has 0 spiro atoms. The Balaban J connectivity index is 1.81. The van der Waals surface area contributed by atoms with Gasteiger partial charge < -0.3 is 23.7 Å². The Morgan fingerprint density at radius 2 is 1.27 bits per heavy atom. The lowest BCUT2D eigenvalue weighted by atomic mass is 10.4. The maximum atomic E-state index is 5.57. The van der Waals surface area contributed by atoms with E-state index in [2.05, 4.69) is 4.98 Å². The van der Waals surface area contributed by atoms with Crippen LogP contribution in [0.25, 0.3) is 0 Å². The molecule has 6 nitrogen and oxygen atoms in total. The van der Waals surface area contributed by atoms with Gasteiger partial charge in [-0.25, -0.2) is 4.98 Å². The second-order valence-corrected chi connectivity index (χ2v) is 5.91. The predicted molar refractivity (Wildman–Crippen MR) is 85.6 cm³/mol. The molecular weight excluding hydrogens is 306 g/mol. The van der Waals surface area contributed by atoms with Crippen molar-refractivity contribution in [1.82, 2.24) is 4.98 Å². The summed E-state index contributed by atoms with van der Waals surface area (Å²) in [6.07, 6.45) is 0. The number of thiazole rings is 1. The minimum absolute atomic E-state index is 0.570. The Hall–Kier alpha value is -0.570. The first kappa shape index (κ1) is 19.5. The number of aryl methyl sites for hydroxylation is 2. The highest BCUT2D eigenvalue weighted by atomic mass is 32.1. The molecule has 1 aromatic rings. The standard InChI is InChI=1S/C15H27NO5S/c1-13-15(22-14(2)16-13)12-21-11-10-20-9-8-19-7-6-18-5-4-17-3/h4-12H2,1-3H3.